The van der Waals surface area contributed by atoms with E-state index in [0.29, 0.717) is 12.2 Å². The Bertz CT molecular complexity index is 691. The molecule has 2 N–H and O–H groups in total. The number of hydrogen-bond donors (Lipinski definition) is 2. The number of rotatable bonds is 4. The molecule has 122 valence electrons. The normalized spacial score (nSPS) is 13.3. The van der Waals surface area contributed by atoms with Gasteiger partial charge >= 0.3 is 6.03 Å². The van der Waals surface area contributed by atoms with Gasteiger partial charge in [0.15, 0.2) is 0 Å². The summed E-state index contributed by atoms with van der Waals surface area (Å²) in [6.45, 7) is 1.33. The number of halogens is 1. The van der Waals surface area contributed by atoms with Gasteiger partial charge in [-0.3, -0.25) is 0 Å². The lowest BCUT2D eigenvalue weighted by atomic mass is 10.2. The van der Waals surface area contributed by atoms with Gasteiger partial charge in [-0.2, -0.15) is 0 Å². The molecule has 0 unspecified atom stereocenters. The van der Waals surface area contributed by atoms with Crippen molar-refractivity contribution >= 4 is 11.7 Å². The number of carbonyl (C=O) groups excluding carboxylic acids is 1. The van der Waals surface area contributed by atoms with Crippen LogP contribution >= 0.6 is 0 Å². The molecular formula is C16H19FN4O2. The Balaban J connectivity index is 1.58. The lowest BCUT2D eigenvalue weighted by molar-refractivity contribution is 0.251. The average molecular weight is 318 g/mol. The highest BCUT2D eigenvalue weighted by atomic mass is 19.1. The number of fused-ring (bicyclic) bond motifs is 1. The fourth-order valence-corrected chi connectivity index (χ4v) is 2.66. The maximum atomic E-state index is 13.1. The summed E-state index contributed by atoms with van der Waals surface area (Å²) in [5.41, 5.74) is 1.25. The summed E-state index contributed by atoms with van der Waals surface area (Å²) in [4.78, 5) is 16.5. The molecule has 0 atom stereocenters. The van der Waals surface area contributed by atoms with Crippen LogP contribution in [-0.4, -0.2) is 22.7 Å². The highest BCUT2D eigenvalue weighted by Crippen LogP contribution is 2.24. The van der Waals surface area contributed by atoms with Crippen LogP contribution in [0.3, 0.4) is 0 Å². The van der Waals surface area contributed by atoms with Crippen LogP contribution in [0.25, 0.3) is 0 Å². The van der Waals surface area contributed by atoms with Gasteiger partial charge in [-0.25, -0.2) is 14.2 Å². The van der Waals surface area contributed by atoms with E-state index in [1.165, 1.54) is 31.7 Å². The highest BCUT2D eigenvalue weighted by Gasteiger charge is 2.13. The first-order chi connectivity index (χ1) is 11.2. The molecule has 2 heterocycles. The second-order valence-electron chi connectivity index (χ2n) is 5.45. The number of aryl methyl sites for hydroxylation is 2. The topological polar surface area (TPSA) is 68.2 Å². The molecule has 0 aliphatic carbocycles. The van der Waals surface area contributed by atoms with Crippen molar-refractivity contribution in [3.63, 3.8) is 0 Å². The first kappa shape index (κ1) is 15.3. The smallest absolute Gasteiger partial charge is 0.319 e. The van der Waals surface area contributed by atoms with Gasteiger partial charge in [0.25, 0.3) is 0 Å². The van der Waals surface area contributed by atoms with Crippen molar-refractivity contribution in [2.45, 2.75) is 32.4 Å². The fraction of sp³-hybridized carbons (Fsp3) is 0.375. The molecule has 1 aromatic carbocycles. The monoisotopic (exact) mass is 318 g/mol. The molecule has 0 spiro atoms. The Kier molecular flexibility index (Phi) is 4.45. The number of methoxy groups -OCH3 is 1. The zero-order valence-corrected chi connectivity index (χ0v) is 12.9. The molecule has 0 radical (unpaired) electrons. The molecule has 0 bridgehead atoms. The zero-order chi connectivity index (χ0) is 16.2. The number of benzene rings is 1. The van der Waals surface area contributed by atoms with Gasteiger partial charge in [0.2, 0.25) is 0 Å². The molecule has 23 heavy (non-hydrogen) atoms. The maximum Gasteiger partial charge on any atom is 0.319 e. The van der Waals surface area contributed by atoms with Gasteiger partial charge in [-0.15, -0.1) is 0 Å². The number of amides is 2. The molecule has 3 rings (SSSR count). The van der Waals surface area contributed by atoms with Crippen LogP contribution in [0, 0.1) is 5.82 Å². The van der Waals surface area contributed by atoms with E-state index in [-0.39, 0.29) is 11.8 Å². The third kappa shape index (κ3) is 3.61. The van der Waals surface area contributed by atoms with Crippen molar-refractivity contribution in [2.75, 3.05) is 12.4 Å². The quantitative estimate of drug-likeness (QED) is 0.911. The second kappa shape index (κ2) is 6.68. The van der Waals surface area contributed by atoms with Gasteiger partial charge in [0.05, 0.1) is 25.0 Å². The van der Waals surface area contributed by atoms with Gasteiger partial charge in [-0.1, -0.05) is 0 Å². The van der Waals surface area contributed by atoms with Crippen molar-refractivity contribution in [3.05, 3.63) is 41.7 Å². The van der Waals surface area contributed by atoms with Crippen molar-refractivity contribution in [1.29, 1.82) is 0 Å². The van der Waals surface area contributed by atoms with E-state index in [0.717, 1.165) is 30.9 Å². The lowest BCUT2D eigenvalue weighted by Crippen LogP contribution is -2.28. The molecule has 0 saturated heterocycles. The Morgan fingerprint density at radius 1 is 1.43 bits per heavy atom. The number of anilines is 1. The first-order valence-electron chi connectivity index (χ1n) is 7.59. The fourth-order valence-electron chi connectivity index (χ4n) is 2.66. The molecule has 1 aromatic heterocycles. The van der Waals surface area contributed by atoms with Crippen LogP contribution in [0.4, 0.5) is 14.9 Å². The molecule has 2 amide bonds. The summed E-state index contributed by atoms with van der Waals surface area (Å²) >= 11 is 0. The van der Waals surface area contributed by atoms with E-state index < -0.39 is 5.82 Å². The van der Waals surface area contributed by atoms with Crippen molar-refractivity contribution < 1.29 is 13.9 Å². The molecule has 6 nitrogen and oxygen atoms in total. The lowest BCUT2D eigenvalue weighted by Gasteiger charge is -2.11. The van der Waals surface area contributed by atoms with Crippen LogP contribution < -0.4 is 15.4 Å². The van der Waals surface area contributed by atoms with E-state index in [1.54, 1.807) is 0 Å². The van der Waals surface area contributed by atoms with Crippen molar-refractivity contribution in [1.82, 2.24) is 14.9 Å². The zero-order valence-electron chi connectivity index (χ0n) is 12.9. The largest absolute Gasteiger partial charge is 0.494 e. The van der Waals surface area contributed by atoms with Gasteiger partial charge < -0.3 is 19.9 Å². The van der Waals surface area contributed by atoms with Crippen LogP contribution in [0.15, 0.2) is 24.4 Å². The van der Waals surface area contributed by atoms with E-state index in [2.05, 4.69) is 20.2 Å². The Morgan fingerprint density at radius 2 is 2.30 bits per heavy atom. The minimum atomic E-state index is -0.420. The molecule has 1 aliphatic rings. The SMILES string of the molecule is COc1cc(F)ccc1NC(=O)NCc1cn2c(n1)CCCC2. The minimum Gasteiger partial charge on any atom is -0.494 e. The molecule has 7 heteroatoms. The summed E-state index contributed by atoms with van der Waals surface area (Å²) in [5.74, 6) is 0.933. The Labute approximate surface area is 133 Å². The van der Waals surface area contributed by atoms with Crippen LogP contribution in [0.2, 0.25) is 0 Å². The Hall–Kier alpha value is -2.57. The minimum absolute atomic E-state index is 0.276. The third-order valence-electron chi connectivity index (χ3n) is 3.80. The summed E-state index contributed by atoms with van der Waals surface area (Å²) < 4.78 is 20.3. The predicted octanol–water partition coefficient (Wildman–Crippen LogP) is 2.69. The summed E-state index contributed by atoms with van der Waals surface area (Å²) in [6.07, 6.45) is 5.29. The average Bonchev–Trinajstić information content (AvgIpc) is 2.97. The van der Waals surface area contributed by atoms with E-state index in [4.69, 9.17) is 4.74 Å². The molecular weight excluding hydrogens is 299 g/mol. The predicted molar refractivity (Wildman–Crippen MR) is 84.0 cm³/mol. The number of urea groups is 1. The molecule has 2 aromatic rings. The summed E-state index contributed by atoms with van der Waals surface area (Å²) in [6, 6.07) is 3.56. The first-order valence-corrected chi connectivity index (χ1v) is 7.59. The molecule has 0 fully saturated rings. The van der Waals surface area contributed by atoms with Gasteiger partial charge in [-0.05, 0) is 25.0 Å². The van der Waals surface area contributed by atoms with E-state index in [1.807, 2.05) is 6.20 Å². The number of carbonyl (C=O) groups is 1. The number of imidazole rings is 1. The number of aromatic nitrogens is 2. The number of ether oxygens (including phenoxy) is 1. The van der Waals surface area contributed by atoms with Gasteiger partial charge in [0, 0.05) is 25.2 Å². The van der Waals surface area contributed by atoms with E-state index >= 15 is 0 Å². The van der Waals surface area contributed by atoms with Crippen LogP contribution in [0.1, 0.15) is 24.4 Å². The second-order valence-corrected chi connectivity index (χ2v) is 5.45. The standard InChI is InChI=1S/C16H19FN4O2/c1-23-14-8-11(17)5-6-13(14)20-16(22)18-9-12-10-21-7-3-2-4-15(21)19-12/h5-6,8,10H,2-4,7,9H2,1H3,(H2,18,20,22). The molecule has 1 aliphatic heterocycles. The van der Waals surface area contributed by atoms with E-state index in [9.17, 15) is 9.18 Å². The third-order valence-corrected chi connectivity index (χ3v) is 3.80. The number of nitrogens with zero attached hydrogens (tertiary/aromatic N) is 2. The van der Waals surface area contributed by atoms with Gasteiger partial charge in [0.1, 0.15) is 17.4 Å². The van der Waals surface area contributed by atoms with Crippen molar-refractivity contribution in [2.24, 2.45) is 0 Å². The number of nitrogens with one attached hydrogen (secondary N) is 2. The van der Waals surface area contributed by atoms with Crippen LogP contribution in [-0.2, 0) is 19.5 Å². The maximum absolute atomic E-state index is 13.1. The summed E-state index contributed by atoms with van der Waals surface area (Å²) in [5, 5.41) is 5.39. The number of hydrogen-bond acceptors (Lipinski definition) is 3. The highest BCUT2D eigenvalue weighted by molar-refractivity contribution is 5.90. The van der Waals surface area contributed by atoms with Crippen LogP contribution in [0.5, 0.6) is 5.75 Å². The molecule has 0 saturated carbocycles. The summed E-state index contributed by atoms with van der Waals surface area (Å²) in [7, 11) is 1.42. The van der Waals surface area contributed by atoms with Crippen molar-refractivity contribution in [3.8, 4) is 5.75 Å². The Morgan fingerprint density at radius 3 is 3.09 bits per heavy atom.